The van der Waals surface area contributed by atoms with Gasteiger partial charge >= 0.3 is 5.97 Å². The number of piperidine rings is 1. The first kappa shape index (κ1) is 19.9. The highest BCUT2D eigenvalue weighted by atomic mass is 32.2. The van der Waals surface area contributed by atoms with E-state index in [2.05, 4.69) is 5.92 Å². The number of ether oxygens (including phenoxy) is 1. The summed E-state index contributed by atoms with van der Waals surface area (Å²) in [5, 5.41) is 0. The Balaban J connectivity index is 2.93. The SMILES string of the molecule is C#CCCC(=O)N1CCCC(C(OC(C)=O)C(SC)SC)C1=O. The molecule has 0 aromatic heterocycles. The Morgan fingerprint density at radius 2 is 2.09 bits per heavy atom. The molecule has 5 nitrogen and oxygen atoms in total. The molecule has 1 fully saturated rings. The minimum Gasteiger partial charge on any atom is -0.460 e. The lowest BCUT2D eigenvalue weighted by Crippen LogP contribution is -2.51. The normalized spacial score (nSPS) is 19.3. The van der Waals surface area contributed by atoms with Crippen molar-refractivity contribution in [3.05, 3.63) is 0 Å². The first-order valence-electron chi connectivity index (χ1n) is 7.46. The Kier molecular flexibility index (Phi) is 8.56. The molecule has 2 amide bonds. The molecule has 23 heavy (non-hydrogen) atoms. The minimum absolute atomic E-state index is 0.0476. The highest BCUT2D eigenvalue weighted by Gasteiger charge is 2.42. The van der Waals surface area contributed by atoms with Gasteiger partial charge in [0.25, 0.3) is 0 Å². The molecular weight excluding hydrogens is 334 g/mol. The molecule has 1 heterocycles. The average molecular weight is 357 g/mol. The molecule has 2 unspecified atom stereocenters. The second-order valence-corrected chi connectivity index (χ2v) is 7.51. The molecule has 0 N–H and O–H groups in total. The summed E-state index contributed by atoms with van der Waals surface area (Å²) in [4.78, 5) is 37.6. The van der Waals surface area contributed by atoms with Crippen molar-refractivity contribution >= 4 is 41.3 Å². The lowest BCUT2D eigenvalue weighted by molar-refractivity contribution is -0.158. The number of carbonyl (C=O) groups is 3. The summed E-state index contributed by atoms with van der Waals surface area (Å²) in [6, 6.07) is 0. The van der Waals surface area contributed by atoms with E-state index in [1.165, 1.54) is 11.8 Å². The summed E-state index contributed by atoms with van der Waals surface area (Å²) in [7, 11) is 0. The third-order valence-corrected chi connectivity index (χ3v) is 6.32. The van der Waals surface area contributed by atoms with Gasteiger partial charge in [0.1, 0.15) is 6.10 Å². The van der Waals surface area contributed by atoms with Gasteiger partial charge in [-0.15, -0.1) is 35.9 Å². The number of hydrogen-bond donors (Lipinski definition) is 0. The first-order chi connectivity index (χ1) is 11.0. The van der Waals surface area contributed by atoms with Crippen LogP contribution < -0.4 is 0 Å². The largest absolute Gasteiger partial charge is 0.460 e. The van der Waals surface area contributed by atoms with Crippen molar-refractivity contribution in [2.45, 2.75) is 43.3 Å². The number of hydrogen-bond acceptors (Lipinski definition) is 6. The van der Waals surface area contributed by atoms with Gasteiger partial charge in [0, 0.05) is 26.3 Å². The molecule has 7 heteroatoms. The maximum Gasteiger partial charge on any atom is 0.302 e. The van der Waals surface area contributed by atoms with Crippen molar-refractivity contribution in [3.63, 3.8) is 0 Å². The van der Waals surface area contributed by atoms with Crippen LogP contribution in [-0.2, 0) is 19.1 Å². The second-order valence-electron chi connectivity index (χ2n) is 5.25. The van der Waals surface area contributed by atoms with Crippen LogP contribution in [0.2, 0.25) is 0 Å². The van der Waals surface area contributed by atoms with Crippen molar-refractivity contribution in [1.29, 1.82) is 0 Å². The summed E-state index contributed by atoms with van der Waals surface area (Å²) in [5.41, 5.74) is 0. The number of thioether (sulfide) groups is 2. The zero-order chi connectivity index (χ0) is 17.4. The fraction of sp³-hybridized carbons (Fsp3) is 0.688. The number of esters is 1. The van der Waals surface area contributed by atoms with Crippen LogP contribution in [0.15, 0.2) is 0 Å². The predicted molar refractivity (Wildman–Crippen MR) is 93.9 cm³/mol. The molecule has 0 aromatic carbocycles. The molecule has 0 radical (unpaired) electrons. The smallest absolute Gasteiger partial charge is 0.302 e. The second kappa shape index (κ2) is 9.89. The monoisotopic (exact) mass is 357 g/mol. The van der Waals surface area contributed by atoms with E-state index in [4.69, 9.17) is 11.2 Å². The van der Waals surface area contributed by atoms with E-state index < -0.39 is 18.0 Å². The molecule has 0 aromatic rings. The Morgan fingerprint density at radius 1 is 1.43 bits per heavy atom. The zero-order valence-electron chi connectivity index (χ0n) is 13.7. The van der Waals surface area contributed by atoms with Gasteiger partial charge in [0.2, 0.25) is 11.8 Å². The standard InChI is InChI=1S/C16H23NO4S2/c1-5-6-9-13(19)17-10-7-8-12(15(17)20)14(21-11(2)18)16(22-3)23-4/h1,12,14,16H,6-10H2,2-4H3. The zero-order valence-corrected chi connectivity index (χ0v) is 15.4. The van der Waals surface area contributed by atoms with Crippen LogP contribution in [0, 0.1) is 18.3 Å². The van der Waals surface area contributed by atoms with Gasteiger partial charge in [-0.05, 0) is 25.4 Å². The van der Waals surface area contributed by atoms with Crippen molar-refractivity contribution in [2.75, 3.05) is 19.1 Å². The highest BCUT2D eigenvalue weighted by molar-refractivity contribution is 8.16. The molecule has 0 saturated carbocycles. The summed E-state index contributed by atoms with van der Waals surface area (Å²) in [6.45, 7) is 1.75. The number of terminal acetylenes is 1. The van der Waals surface area contributed by atoms with Gasteiger partial charge in [-0.3, -0.25) is 19.3 Å². The van der Waals surface area contributed by atoms with Crippen LogP contribution in [-0.4, -0.2) is 52.4 Å². The third-order valence-electron chi connectivity index (χ3n) is 3.70. The van der Waals surface area contributed by atoms with E-state index in [0.717, 1.165) is 0 Å². The molecular formula is C16H23NO4S2. The molecule has 128 valence electrons. The van der Waals surface area contributed by atoms with Crippen LogP contribution in [0.5, 0.6) is 0 Å². The number of likely N-dealkylation sites (tertiary alicyclic amines) is 1. The summed E-state index contributed by atoms with van der Waals surface area (Å²) in [6.07, 6.45) is 10.3. The van der Waals surface area contributed by atoms with Crippen LogP contribution in [0.1, 0.15) is 32.6 Å². The van der Waals surface area contributed by atoms with Crippen molar-refractivity contribution < 1.29 is 19.1 Å². The van der Waals surface area contributed by atoms with Crippen LogP contribution in [0.4, 0.5) is 0 Å². The fourth-order valence-corrected chi connectivity index (χ4v) is 4.45. The number of carbonyl (C=O) groups excluding carboxylic acids is 3. The first-order valence-corrected chi connectivity index (χ1v) is 10.0. The fourth-order valence-electron chi connectivity index (χ4n) is 2.65. The Hall–Kier alpha value is -1.13. The maximum absolute atomic E-state index is 12.7. The van der Waals surface area contributed by atoms with Gasteiger partial charge in [-0.25, -0.2) is 0 Å². The maximum atomic E-state index is 12.7. The Labute approximate surface area is 146 Å². The Morgan fingerprint density at radius 3 is 2.61 bits per heavy atom. The van der Waals surface area contributed by atoms with Crippen molar-refractivity contribution in [2.24, 2.45) is 5.92 Å². The molecule has 0 spiro atoms. The van der Waals surface area contributed by atoms with Gasteiger partial charge in [-0.1, -0.05) is 0 Å². The van der Waals surface area contributed by atoms with Gasteiger partial charge in [0.05, 0.1) is 10.5 Å². The lowest BCUT2D eigenvalue weighted by atomic mass is 9.91. The van der Waals surface area contributed by atoms with Crippen LogP contribution >= 0.6 is 23.5 Å². The molecule has 1 aliphatic heterocycles. The quantitative estimate of drug-likeness (QED) is 0.395. The molecule has 1 rings (SSSR count). The molecule has 2 atom stereocenters. The van der Waals surface area contributed by atoms with Crippen LogP contribution in [0.25, 0.3) is 0 Å². The van der Waals surface area contributed by atoms with Gasteiger partial charge < -0.3 is 4.74 Å². The third kappa shape index (κ3) is 5.47. The highest BCUT2D eigenvalue weighted by Crippen LogP contribution is 2.34. The topological polar surface area (TPSA) is 63.7 Å². The van der Waals surface area contributed by atoms with Crippen LogP contribution in [0.3, 0.4) is 0 Å². The number of imide groups is 1. The van der Waals surface area contributed by atoms with E-state index in [0.29, 0.717) is 25.8 Å². The average Bonchev–Trinajstić information content (AvgIpc) is 2.52. The van der Waals surface area contributed by atoms with E-state index in [9.17, 15) is 14.4 Å². The van der Waals surface area contributed by atoms with Gasteiger partial charge in [0.15, 0.2) is 0 Å². The molecule has 1 saturated heterocycles. The molecule has 0 aliphatic carbocycles. The molecule has 0 bridgehead atoms. The Bertz CT molecular complexity index is 485. The number of rotatable bonds is 7. The van der Waals surface area contributed by atoms with E-state index in [1.807, 2.05) is 12.5 Å². The predicted octanol–water partition coefficient (Wildman–Crippen LogP) is 2.15. The summed E-state index contributed by atoms with van der Waals surface area (Å²) < 4.78 is 5.39. The minimum atomic E-state index is -0.534. The lowest BCUT2D eigenvalue weighted by Gasteiger charge is -2.37. The van der Waals surface area contributed by atoms with Gasteiger partial charge in [-0.2, -0.15) is 0 Å². The summed E-state index contributed by atoms with van der Waals surface area (Å²) >= 11 is 3.09. The van der Waals surface area contributed by atoms with E-state index in [1.54, 1.807) is 23.5 Å². The number of amides is 2. The van der Waals surface area contributed by atoms with Crippen molar-refractivity contribution in [3.8, 4) is 12.3 Å². The van der Waals surface area contributed by atoms with Crippen molar-refractivity contribution in [1.82, 2.24) is 4.90 Å². The molecule has 1 aliphatic rings. The number of nitrogens with zero attached hydrogens (tertiary/aromatic N) is 1. The van der Waals surface area contributed by atoms with E-state index in [-0.39, 0.29) is 22.8 Å². The summed E-state index contributed by atoms with van der Waals surface area (Å²) in [5.74, 6) is 1.03. The van der Waals surface area contributed by atoms with E-state index >= 15 is 0 Å².